The number of fused-ring (bicyclic) bond motifs is 2. The fraction of sp³-hybridized carbons (Fsp3) is 0.308. The Hall–Kier alpha value is -2.67. The Morgan fingerprint density at radius 2 is 1.73 bits per heavy atom. The van der Waals surface area contributed by atoms with Gasteiger partial charge in [0.15, 0.2) is 5.13 Å². The number of benzene rings is 3. The van der Waals surface area contributed by atoms with Gasteiger partial charge in [-0.1, -0.05) is 61.6 Å². The maximum atomic E-state index is 13.7. The van der Waals surface area contributed by atoms with Gasteiger partial charge in [0.2, 0.25) is 0 Å². The van der Waals surface area contributed by atoms with E-state index in [4.69, 9.17) is 9.72 Å². The van der Waals surface area contributed by atoms with Gasteiger partial charge in [0.1, 0.15) is 11.3 Å². The first kappa shape index (κ1) is 25.0. The summed E-state index contributed by atoms with van der Waals surface area (Å²) < 4.78 is 6.59. The van der Waals surface area contributed by atoms with Crippen molar-refractivity contribution in [2.75, 3.05) is 38.2 Å². The highest BCUT2D eigenvalue weighted by Gasteiger charge is 2.23. The number of halogens is 1. The molecular weight excluding hydrogens is 454 g/mol. The zero-order chi connectivity index (χ0) is 22.7. The molecule has 1 amide bonds. The molecule has 3 aromatic carbocycles. The van der Waals surface area contributed by atoms with E-state index in [1.165, 1.54) is 0 Å². The van der Waals surface area contributed by atoms with Crippen LogP contribution in [0.1, 0.15) is 29.8 Å². The summed E-state index contributed by atoms with van der Waals surface area (Å²) in [4.78, 5) is 22.7. The lowest BCUT2D eigenvalue weighted by atomic mass is 10.1. The maximum Gasteiger partial charge on any atom is 0.260 e. The lowest BCUT2D eigenvalue weighted by Crippen LogP contribution is -2.38. The van der Waals surface area contributed by atoms with Gasteiger partial charge in [-0.2, -0.15) is 0 Å². The summed E-state index contributed by atoms with van der Waals surface area (Å²) >= 11 is 1.55. The van der Waals surface area contributed by atoms with E-state index in [-0.39, 0.29) is 18.3 Å². The third-order valence-corrected chi connectivity index (χ3v) is 7.13. The number of carbonyl (C=O) groups excluding carboxylic acids is 1. The van der Waals surface area contributed by atoms with Gasteiger partial charge in [0.05, 0.1) is 11.8 Å². The van der Waals surface area contributed by atoms with Gasteiger partial charge in [0.25, 0.3) is 5.91 Å². The van der Waals surface area contributed by atoms with Gasteiger partial charge in [-0.05, 0) is 54.5 Å². The molecule has 4 aromatic rings. The molecule has 0 atom stereocenters. The number of ether oxygens (including phenoxy) is 1. The Bertz CT molecular complexity index is 1250. The molecule has 7 heteroatoms. The van der Waals surface area contributed by atoms with Crippen LogP contribution in [0.3, 0.4) is 0 Å². The van der Waals surface area contributed by atoms with E-state index >= 15 is 0 Å². The number of hydrogen-bond acceptors (Lipinski definition) is 5. The SMILES string of the molecule is CCN(CC)CCN(C(=O)c1ccc2ccccc2c1)c1nc2c(OC)ccc(C)c2s1.Cl. The number of thiazole rings is 1. The van der Waals surface area contributed by atoms with Crippen molar-refractivity contribution in [3.8, 4) is 5.75 Å². The maximum absolute atomic E-state index is 13.7. The fourth-order valence-electron chi connectivity index (χ4n) is 3.92. The Kier molecular flexibility index (Phi) is 8.30. The minimum Gasteiger partial charge on any atom is -0.494 e. The molecule has 5 nitrogen and oxygen atoms in total. The molecule has 4 rings (SSSR count). The predicted octanol–water partition coefficient (Wildman–Crippen LogP) is 6.18. The molecule has 0 saturated heterocycles. The zero-order valence-electron chi connectivity index (χ0n) is 19.5. The van der Waals surface area contributed by atoms with Crippen molar-refractivity contribution in [1.82, 2.24) is 9.88 Å². The topological polar surface area (TPSA) is 45.7 Å². The molecule has 0 aliphatic heterocycles. The minimum atomic E-state index is -0.0291. The molecule has 0 aliphatic carbocycles. The third-order valence-electron chi connectivity index (χ3n) is 5.92. The number of nitrogens with zero attached hydrogens (tertiary/aromatic N) is 3. The molecule has 174 valence electrons. The molecule has 0 aliphatic rings. The summed E-state index contributed by atoms with van der Waals surface area (Å²) in [6.45, 7) is 9.61. The van der Waals surface area contributed by atoms with E-state index in [0.29, 0.717) is 17.2 Å². The van der Waals surface area contributed by atoms with Crippen LogP contribution in [0.25, 0.3) is 21.0 Å². The molecule has 0 radical (unpaired) electrons. The monoisotopic (exact) mass is 483 g/mol. The van der Waals surface area contributed by atoms with Crippen molar-refractivity contribution in [3.05, 3.63) is 65.7 Å². The Morgan fingerprint density at radius 3 is 2.42 bits per heavy atom. The highest BCUT2D eigenvalue weighted by Crippen LogP contribution is 2.37. The van der Waals surface area contributed by atoms with E-state index in [0.717, 1.165) is 51.9 Å². The van der Waals surface area contributed by atoms with E-state index in [9.17, 15) is 4.79 Å². The van der Waals surface area contributed by atoms with Crippen LogP contribution in [0.5, 0.6) is 5.75 Å². The van der Waals surface area contributed by atoms with E-state index in [2.05, 4.69) is 31.7 Å². The summed E-state index contributed by atoms with van der Waals surface area (Å²) in [6.07, 6.45) is 0. The molecule has 1 heterocycles. The summed E-state index contributed by atoms with van der Waals surface area (Å²) in [5, 5.41) is 2.89. The van der Waals surface area contributed by atoms with Crippen molar-refractivity contribution in [1.29, 1.82) is 0 Å². The summed E-state index contributed by atoms with van der Waals surface area (Å²) in [6, 6.07) is 18.0. The van der Waals surface area contributed by atoms with E-state index in [1.807, 2.05) is 53.4 Å². The standard InChI is InChI=1S/C26H29N3O2S.ClH/c1-5-28(6-2)15-16-29(25(30)21-13-12-19-9-7-8-10-20(19)17-21)26-27-23-22(31-4)14-11-18(3)24(23)32-26;/h7-14,17H,5-6,15-16H2,1-4H3;1H. The van der Waals surface area contributed by atoms with Crippen molar-refractivity contribution in [2.24, 2.45) is 0 Å². The van der Waals surface area contributed by atoms with Gasteiger partial charge in [-0.3, -0.25) is 9.69 Å². The molecule has 0 fully saturated rings. The summed E-state index contributed by atoms with van der Waals surface area (Å²) in [7, 11) is 1.65. The second kappa shape index (κ2) is 11.0. The quantitative estimate of drug-likeness (QED) is 0.300. The Labute approximate surface area is 205 Å². The fourth-order valence-corrected chi connectivity index (χ4v) is 5.00. The van der Waals surface area contributed by atoms with Gasteiger partial charge >= 0.3 is 0 Å². The van der Waals surface area contributed by atoms with Crippen LogP contribution < -0.4 is 9.64 Å². The molecule has 33 heavy (non-hydrogen) atoms. The molecule has 1 aromatic heterocycles. The van der Waals surface area contributed by atoms with Crippen LogP contribution >= 0.6 is 23.7 Å². The van der Waals surface area contributed by atoms with Crippen LogP contribution in [0.4, 0.5) is 5.13 Å². The molecule has 0 unspecified atom stereocenters. The smallest absolute Gasteiger partial charge is 0.260 e. The second-order valence-corrected chi connectivity index (χ2v) is 8.78. The molecule has 0 spiro atoms. The van der Waals surface area contributed by atoms with Crippen molar-refractivity contribution >= 4 is 55.8 Å². The minimum absolute atomic E-state index is 0. The number of aryl methyl sites for hydroxylation is 1. The zero-order valence-corrected chi connectivity index (χ0v) is 21.1. The molecule has 0 N–H and O–H groups in total. The molecule has 0 saturated carbocycles. The van der Waals surface area contributed by atoms with Gasteiger partial charge in [0, 0.05) is 18.7 Å². The lowest BCUT2D eigenvalue weighted by Gasteiger charge is -2.25. The predicted molar refractivity (Wildman–Crippen MR) is 142 cm³/mol. The molecule has 0 bridgehead atoms. The first-order valence-electron chi connectivity index (χ1n) is 11.0. The van der Waals surface area contributed by atoms with Crippen LogP contribution in [0, 0.1) is 6.92 Å². The third kappa shape index (κ3) is 5.13. The number of aromatic nitrogens is 1. The van der Waals surface area contributed by atoms with Crippen molar-refractivity contribution < 1.29 is 9.53 Å². The molecular formula is C26H30ClN3O2S. The first-order chi connectivity index (χ1) is 15.5. The number of amides is 1. The summed E-state index contributed by atoms with van der Waals surface area (Å²) in [5.41, 5.74) is 2.62. The van der Waals surface area contributed by atoms with Crippen LogP contribution in [-0.4, -0.2) is 49.1 Å². The van der Waals surface area contributed by atoms with E-state index < -0.39 is 0 Å². The van der Waals surface area contributed by atoms with Crippen molar-refractivity contribution in [2.45, 2.75) is 20.8 Å². The number of rotatable bonds is 8. The number of methoxy groups -OCH3 is 1. The average molecular weight is 484 g/mol. The van der Waals surface area contributed by atoms with Crippen molar-refractivity contribution in [3.63, 3.8) is 0 Å². The average Bonchev–Trinajstić information content (AvgIpc) is 3.27. The van der Waals surface area contributed by atoms with Crippen LogP contribution in [0.2, 0.25) is 0 Å². The number of likely N-dealkylation sites (N-methyl/N-ethyl adjacent to an activating group) is 1. The number of hydrogen-bond donors (Lipinski definition) is 0. The van der Waals surface area contributed by atoms with Gasteiger partial charge in [-0.25, -0.2) is 4.98 Å². The van der Waals surface area contributed by atoms with Gasteiger partial charge < -0.3 is 9.64 Å². The number of carbonyl (C=O) groups is 1. The van der Waals surface area contributed by atoms with Crippen LogP contribution in [0.15, 0.2) is 54.6 Å². The Morgan fingerprint density at radius 1 is 1.00 bits per heavy atom. The first-order valence-corrected chi connectivity index (χ1v) is 11.8. The lowest BCUT2D eigenvalue weighted by molar-refractivity contribution is 0.0984. The highest BCUT2D eigenvalue weighted by atomic mass is 35.5. The normalized spacial score (nSPS) is 11.1. The van der Waals surface area contributed by atoms with E-state index in [1.54, 1.807) is 18.4 Å². The van der Waals surface area contributed by atoms with Crippen LogP contribution in [-0.2, 0) is 0 Å². The second-order valence-electron chi connectivity index (χ2n) is 7.80. The summed E-state index contributed by atoms with van der Waals surface area (Å²) in [5.74, 6) is 0.702. The Balaban J connectivity index is 0.00000306. The largest absolute Gasteiger partial charge is 0.494 e. The highest BCUT2D eigenvalue weighted by molar-refractivity contribution is 7.22. The number of anilines is 1. The van der Waals surface area contributed by atoms with Gasteiger partial charge in [-0.15, -0.1) is 12.4 Å².